The maximum atomic E-state index is 2.67. The van der Waals surface area contributed by atoms with E-state index in [1.807, 2.05) is 0 Å². The Balaban J connectivity index is 0.000000249. The molecule has 1 unspecified atom stereocenters. The minimum absolute atomic E-state index is 0.676. The molecule has 0 bridgehead atoms. The van der Waals surface area contributed by atoms with E-state index in [0.29, 0.717) is 28.3 Å². The van der Waals surface area contributed by atoms with Crippen LogP contribution in [0, 0.1) is 80.8 Å². The fraction of sp³-hybridized carbons (Fsp3) is 0.964. The molecule has 0 amide bonds. The second-order valence-electron chi connectivity index (χ2n) is 49.9. The largest absolute Gasteiger partial charge is 0.301 e. The van der Waals surface area contributed by atoms with Crippen molar-refractivity contribution in [2.75, 3.05) is 183 Å². The van der Waals surface area contributed by atoms with Crippen LogP contribution in [0.5, 0.6) is 0 Å². The first-order valence-electron chi connectivity index (χ1n) is 54.5. The van der Waals surface area contributed by atoms with Gasteiger partial charge in [-0.05, 0) is 399 Å². The van der Waals surface area contributed by atoms with Crippen LogP contribution in [-0.2, 0) is 0 Å². The van der Waals surface area contributed by atoms with Gasteiger partial charge in [-0.1, -0.05) is 106 Å². The smallest absolute Gasteiger partial charge is 0.0212 e. The molecule has 0 aromatic carbocycles. The van der Waals surface area contributed by atoms with Gasteiger partial charge in [0.2, 0.25) is 0 Å². The van der Waals surface area contributed by atoms with E-state index in [1.165, 1.54) is 254 Å². The van der Waals surface area contributed by atoms with Crippen molar-refractivity contribution >= 4 is 0 Å². The zero-order valence-corrected chi connectivity index (χ0v) is 92.6. The summed E-state index contributed by atoms with van der Waals surface area (Å²) in [5, 5.41) is 0. The van der Waals surface area contributed by atoms with E-state index in [0.717, 1.165) is 144 Å². The average Bonchev–Trinajstić information content (AvgIpc) is 0.830. The number of rotatable bonds is 20. The van der Waals surface area contributed by atoms with E-state index in [-0.39, 0.29) is 0 Å². The topological polar surface area (TPSA) is 45.4 Å². The van der Waals surface area contributed by atoms with E-state index in [4.69, 9.17) is 0 Å². The van der Waals surface area contributed by atoms with Crippen molar-refractivity contribution in [3.05, 3.63) is 23.3 Å². The van der Waals surface area contributed by atoms with Gasteiger partial charge >= 0.3 is 0 Å². The molecular weight excluding hydrogens is 1540 g/mol. The number of likely N-dealkylation sites (tertiary alicyclic amines) is 10. The lowest BCUT2D eigenvalue weighted by atomic mass is 9.55. The Bertz CT molecular complexity index is 2700. The van der Waals surface area contributed by atoms with Crippen molar-refractivity contribution in [1.29, 1.82) is 0 Å². The molecule has 14 nitrogen and oxygen atoms in total. The highest BCUT2D eigenvalue weighted by Crippen LogP contribution is 2.55. The van der Waals surface area contributed by atoms with E-state index in [1.54, 1.807) is 11.1 Å². The molecule has 13 aliphatic heterocycles. The third-order valence-corrected chi connectivity index (χ3v) is 34.0. The second-order valence-corrected chi connectivity index (χ2v) is 49.9. The van der Waals surface area contributed by atoms with Gasteiger partial charge in [-0.15, -0.1) is 0 Å². The van der Waals surface area contributed by atoms with Crippen LogP contribution in [0.25, 0.3) is 0 Å². The number of piperazine rings is 1. The summed E-state index contributed by atoms with van der Waals surface area (Å²) in [6, 6.07) is 10.3. The molecule has 13 heterocycles. The summed E-state index contributed by atoms with van der Waals surface area (Å²) < 4.78 is 0. The Labute approximate surface area is 789 Å². The predicted octanol–water partition coefficient (Wildman–Crippen LogP) is 22.9. The summed E-state index contributed by atoms with van der Waals surface area (Å²) in [6.45, 7) is 129. The number of hydrogen-bond donors (Lipinski definition) is 0. The highest BCUT2D eigenvalue weighted by atomic mass is 15.3. The van der Waals surface area contributed by atoms with Gasteiger partial charge in [-0.2, -0.15) is 0 Å². The molecule has 0 radical (unpaired) electrons. The molecule has 126 heavy (non-hydrogen) atoms. The van der Waals surface area contributed by atoms with Crippen molar-refractivity contribution in [3.8, 4) is 0 Å². The molecule has 0 aromatic heterocycles. The lowest BCUT2D eigenvalue weighted by Gasteiger charge is -2.62. The van der Waals surface area contributed by atoms with Crippen LogP contribution in [0.4, 0.5) is 0 Å². The van der Waals surface area contributed by atoms with Gasteiger partial charge in [0, 0.05) is 221 Å². The summed E-state index contributed by atoms with van der Waals surface area (Å²) in [5.41, 5.74) is 6.13. The Morgan fingerprint density at radius 2 is 0.500 bits per heavy atom. The molecule has 1 atom stereocenters. The molecule has 14 rings (SSSR count). The zero-order valence-electron chi connectivity index (χ0n) is 92.6. The predicted molar refractivity (Wildman–Crippen MR) is 558 cm³/mol. The maximum absolute atomic E-state index is 2.67. The van der Waals surface area contributed by atoms with Gasteiger partial charge in [0.1, 0.15) is 0 Å². The lowest BCUT2D eigenvalue weighted by molar-refractivity contribution is -0.135. The highest BCUT2D eigenvalue weighted by molar-refractivity contribution is 5.12. The summed E-state index contributed by atoms with van der Waals surface area (Å²) in [4.78, 5) is 36.2. The zero-order chi connectivity index (χ0) is 94.8. The first-order chi connectivity index (χ1) is 58.7. The quantitative estimate of drug-likeness (QED) is 0.109. The fourth-order valence-electron chi connectivity index (χ4n) is 22.3. The Hall–Kier alpha value is -1.08. The van der Waals surface area contributed by atoms with E-state index >= 15 is 0 Å². The third kappa shape index (κ3) is 37.4. The maximum Gasteiger partial charge on any atom is 0.0212 e. The molecule has 744 valence electrons. The van der Waals surface area contributed by atoms with Crippen molar-refractivity contribution in [1.82, 2.24) is 68.6 Å². The molecule has 0 N–H and O–H groups in total. The standard InChI is InChI=1S/C14H28N2.C13H26N2.C12H23N.C11H22N2.C11H23N.2C11H21N.C10H22N2.C10H21N.C9H19N/c1-12(2)15-8-5-14(6-9-15)7-10-16(11-14)13(3)4;1-11(2)14-7-5-13(6-8-14)9-15(10-13)12(3)4;1-9(2)11-5-12(6-11)7-13(8-12)10(3)4;1-9(2)12-5-11(6-12)7-13(8-11)10(3)4;2*1-9(2)11-5-7-12(8-6-11)10(3)4;1-9(2)11-6-5-7-12(8-11)10(3)4;1-9(2)11-5-7-12(8-6-11)10(3)4;1-8(2)10-5-6-11(7-10)9(3)4;1-7(2)9-5-10(6-9)8(3)4/h12-13H,5-11H2,1-4H3;11-12H,5-10H2,1-4H3;9-11H,5-8H2,1-4H3;9-10H,5-8H2,1-4H3;9-11H,5-8H2,1-4H3;5,9-10H,6-8H2,1-4H3;6,9-10H,5,7-8H2,1-4H3;9-10H,5-8H2,1-4H3;8-10H,5-7H2,1-4H3;7-9H,5-6H2,1-4H3. The summed E-state index contributed by atoms with van der Waals surface area (Å²) >= 11 is 0. The summed E-state index contributed by atoms with van der Waals surface area (Å²) in [5.74, 6) is 8.99. The highest BCUT2D eigenvalue weighted by Gasteiger charge is 2.54. The third-order valence-electron chi connectivity index (χ3n) is 34.0. The minimum Gasteiger partial charge on any atom is -0.301 e. The molecule has 14 heteroatoms. The van der Waals surface area contributed by atoms with Crippen LogP contribution in [0.3, 0.4) is 0 Å². The van der Waals surface area contributed by atoms with E-state index in [2.05, 4.69) is 358 Å². The summed E-state index contributed by atoms with van der Waals surface area (Å²) in [7, 11) is 0. The van der Waals surface area contributed by atoms with Crippen molar-refractivity contribution in [2.24, 2.45) is 80.8 Å². The van der Waals surface area contributed by atoms with Crippen LogP contribution in [-0.4, -0.2) is 336 Å². The first kappa shape index (κ1) is 115. The van der Waals surface area contributed by atoms with Gasteiger partial charge in [-0.3, -0.25) is 39.2 Å². The molecule has 0 aromatic rings. The lowest BCUT2D eigenvalue weighted by Crippen LogP contribution is -2.73. The van der Waals surface area contributed by atoms with Gasteiger partial charge in [0.05, 0.1) is 0 Å². The van der Waals surface area contributed by atoms with Crippen molar-refractivity contribution in [2.45, 2.75) is 439 Å². The van der Waals surface area contributed by atoms with Crippen molar-refractivity contribution in [3.63, 3.8) is 0 Å². The van der Waals surface area contributed by atoms with Gasteiger partial charge in [0.15, 0.2) is 0 Å². The Kier molecular flexibility index (Phi) is 50.2. The summed E-state index contributed by atoms with van der Waals surface area (Å²) in [6.07, 6.45) is 21.7. The first-order valence-corrected chi connectivity index (χ1v) is 54.5. The van der Waals surface area contributed by atoms with Crippen LogP contribution < -0.4 is 0 Å². The number of nitrogens with zero attached hydrogens (tertiary/aromatic N) is 14. The molecule has 1 saturated carbocycles. The number of hydrogen-bond acceptors (Lipinski definition) is 14. The minimum atomic E-state index is 0.676. The van der Waals surface area contributed by atoms with Crippen molar-refractivity contribution < 1.29 is 0 Å². The molecule has 11 saturated heterocycles. The number of piperidine rings is 3. The van der Waals surface area contributed by atoms with Gasteiger partial charge in [0.25, 0.3) is 0 Å². The SMILES string of the molecule is CC(C)C1=CCCN(C(C)C)C1.CC(C)C1=CCN(C(C)C)CC1.CC(C)C1CC2(C1)CN(C(C)C)C2.CC(C)C1CCN(C(C)C)C1.CC(C)C1CCN(C(C)C)CC1.CC(C)C1CN(C(C)C)C1.CC(C)N1CC2(C1)CN(C(C)C)C2.CC(C)N1CCC2(CC1)CCN(C(C)C)C2.CC(C)N1CCC2(CC1)CN(C(C)C)C2.CC(C)N1CCN(C(C)C)CC1. The Morgan fingerprint density at radius 1 is 0.214 bits per heavy atom. The molecule has 12 fully saturated rings. The van der Waals surface area contributed by atoms with Crippen LogP contribution in [0.2, 0.25) is 0 Å². The molecule has 4 spiro atoms. The Morgan fingerprint density at radius 3 is 0.802 bits per heavy atom. The molecular formula is C112H226N14. The normalized spacial score (nSPS) is 24.9. The van der Waals surface area contributed by atoms with Gasteiger partial charge in [-0.25, -0.2) is 0 Å². The van der Waals surface area contributed by atoms with E-state index in [9.17, 15) is 0 Å². The molecule has 14 aliphatic rings. The second kappa shape index (κ2) is 54.8. The van der Waals surface area contributed by atoms with Gasteiger partial charge < -0.3 is 29.4 Å². The van der Waals surface area contributed by atoms with Crippen LogP contribution in [0.1, 0.15) is 354 Å². The van der Waals surface area contributed by atoms with E-state index < -0.39 is 0 Å². The average molecular weight is 1770 g/mol. The fourth-order valence-corrected chi connectivity index (χ4v) is 22.3. The monoisotopic (exact) mass is 1770 g/mol. The van der Waals surface area contributed by atoms with Crippen LogP contribution >= 0.6 is 0 Å². The van der Waals surface area contributed by atoms with Crippen LogP contribution in [0.15, 0.2) is 23.3 Å². The molecule has 1 aliphatic carbocycles.